The standard InChI is InChI=1S/C15H9BrN.C11H20O2.Ir/c16-13-6-3-5-12(10-13)15-14-7-2-1-4-11(14)8-9-17-15;1-10(2,3)8(12)7-9(13)11(4,5)6;/h1-4,6-10H;7,12H,1-6H3;/q-1;;. The molecule has 0 amide bonds. The van der Waals surface area contributed by atoms with E-state index in [0.717, 1.165) is 21.1 Å². The predicted octanol–water partition coefficient (Wildman–Crippen LogP) is 7.55. The van der Waals surface area contributed by atoms with Crippen molar-refractivity contribution < 1.29 is 30.0 Å². The average Bonchev–Trinajstić information content (AvgIpc) is 2.66. The minimum absolute atomic E-state index is 0. The van der Waals surface area contributed by atoms with E-state index in [-0.39, 0.29) is 37.1 Å². The van der Waals surface area contributed by atoms with E-state index in [9.17, 15) is 9.90 Å². The zero-order chi connectivity index (χ0) is 22.5. The molecule has 3 nitrogen and oxygen atoms in total. The van der Waals surface area contributed by atoms with Gasteiger partial charge in [0.2, 0.25) is 0 Å². The zero-order valence-electron chi connectivity index (χ0n) is 18.8. The largest absolute Gasteiger partial charge is 0.512 e. The number of halogens is 1. The number of aliphatic hydroxyl groups excluding tert-OH is 1. The number of ketones is 1. The van der Waals surface area contributed by atoms with E-state index >= 15 is 0 Å². The van der Waals surface area contributed by atoms with E-state index in [2.05, 4.69) is 39.1 Å². The molecule has 0 spiro atoms. The second-order valence-corrected chi connectivity index (χ2v) is 10.1. The van der Waals surface area contributed by atoms with Gasteiger partial charge in [0.15, 0.2) is 5.78 Å². The number of pyridine rings is 1. The van der Waals surface area contributed by atoms with Crippen molar-refractivity contribution in [2.45, 2.75) is 41.5 Å². The Bertz CT molecular complexity index is 1060. The summed E-state index contributed by atoms with van der Waals surface area (Å²) in [6.07, 6.45) is 3.17. The third-order valence-electron chi connectivity index (χ3n) is 4.47. The van der Waals surface area contributed by atoms with Gasteiger partial charge >= 0.3 is 0 Å². The van der Waals surface area contributed by atoms with Crippen molar-refractivity contribution >= 4 is 32.5 Å². The molecule has 0 aliphatic rings. The normalized spacial score (nSPS) is 11.9. The van der Waals surface area contributed by atoms with Gasteiger partial charge in [0, 0.05) is 43.2 Å². The fraction of sp³-hybridized carbons (Fsp3) is 0.308. The van der Waals surface area contributed by atoms with Crippen LogP contribution in [0, 0.1) is 16.9 Å². The first-order valence-electron chi connectivity index (χ1n) is 9.86. The molecule has 0 unspecified atom stereocenters. The molecule has 3 aromatic rings. The van der Waals surface area contributed by atoms with Gasteiger partial charge in [-0.05, 0) is 22.5 Å². The van der Waals surface area contributed by atoms with Crippen molar-refractivity contribution in [2.75, 3.05) is 0 Å². The van der Waals surface area contributed by atoms with Crippen LogP contribution >= 0.6 is 15.9 Å². The molecule has 1 aromatic heterocycles. The number of allylic oxidation sites excluding steroid dienone is 2. The van der Waals surface area contributed by atoms with Gasteiger partial charge in [0.25, 0.3) is 0 Å². The number of nitrogens with zero attached hydrogens (tertiary/aromatic N) is 1. The average molecular weight is 660 g/mol. The Morgan fingerprint density at radius 3 is 2.26 bits per heavy atom. The van der Waals surface area contributed by atoms with Crippen LogP contribution in [0.15, 0.2) is 71.0 Å². The van der Waals surface area contributed by atoms with E-state index in [1.807, 2.05) is 84.1 Å². The Balaban J connectivity index is 0.000000314. The smallest absolute Gasteiger partial charge is 0.164 e. The molecule has 2 aromatic carbocycles. The maximum absolute atomic E-state index is 11.5. The molecule has 1 radical (unpaired) electrons. The van der Waals surface area contributed by atoms with Crippen LogP contribution in [0.3, 0.4) is 0 Å². The molecule has 0 bridgehead atoms. The summed E-state index contributed by atoms with van der Waals surface area (Å²) in [5.74, 6) is 0.104. The first kappa shape index (κ1) is 27.2. The number of aliphatic hydroxyl groups is 1. The molecule has 0 atom stereocenters. The molecule has 0 aliphatic carbocycles. The number of carbonyl (C=O) groups is 1. The summed E-state index contributed by atoms with van der Waals surface area (Å²) in [5.41, 5.74) is 1.22. The minimum Gasteiger partial charge on any atom is -0.512 e. The van der Waals surface area contributed by atoms with Crippen LogP contribution in [0.1, 0.15) is 41.5 Å². The Labute approximate surface area is 207 Å². The fourth-order valence-electron chi connectivity index (χ4n) is 2.47. The summed E-state index contributed by atoms with van der Waals surface area (Å²) in [5, 5.41) is 11.9. The van der Waals surface area contributed by atoms with Gasteiger partial charge in [-0.2, -0.15) is 0 Å². The topological polar surface area (TPSA) is 50.2 Å². The molecule has 0 fully saturated rings. The summed E-state index contributed by atoms with van der Waals surface area (Å²) >= 11 is 3.48. The molecule has 3 rings (SSSR count). The molecule has 1 heterocycles. The molecule has 0 aliphatic heterocycles. The Kier molecular flexibility index (Phi) is 9.81. The van der Waals surface area contributed by atoms with Gasteiger partial charge in [-0.1, -0.05) is 86.2 Å². The summed E-state index contributed by atoms with van der Waals surface area (Å²) in [4.78, 5) is 16.0. The molecule has 0 saturated heterocycles. The van der Waals surface area contributed by atoms with E-state index in [4.69, 9.17) is 0 Å². The molecule has 5 heteroatoms. The molecule has 0 saturated carbocycles. The monoisotopic (exact) mass is 659 g/mol. The van der Waals surface area contributed by atoms with Crippen molar-refractivity contribution in [1.82, 2.24) is 4.98 Å². The summed E-state index contributed by atoms with van der Waals surface area (Å²) < 4.78 is 1.04. The van der Waals surface area contributed by atoms with E-state index in [0.29, 0.717) is 0 Å². The third-order valence-corrected chi connectivity index (χ3v) is 4.96. The molecule has 1 N–H and O–H groups in total. The Morgan fingerprint density at radius 2 is 1.68 bits per heavy atom. The van der Waals surface area contributed by atoms with Gasteiger partial charge in [-0.3, -0.25) is 4.79 Å². The van der Waals surface area contributed by atoms with Gasteiger partial charge in [0.1, 0.15) is 5.76 Å². The van der Waals surface area contributed by atoms with Gasteiger partial charge in [0.05, 0.1) is 0 Å². The zero-order valence-corrected chi connectivity index (χ0v) is 22.8. The van der Waals surface area contributed by atoms with Crippen LogP contribution in [0.25, 0.3) is 22.0 Å². The fourth-order valence-corrected chi connectivity index (χ4v) is 2.83. The van der Waals surface area contributed by atoms with E-state index in [1.165, 1.54) is 11.5 Å². The van der Waals surface area contributed by atoms with E-state index in [1.54, 1.807) is 0 Å². The van der Waals surface area contributed by atoms with Crippen LogP contribution in [0.4, 0.5) is 0 Å². The Hall–Kier alpha value is -1.81. The van der Waals surface area contributed by atoms with Crippen molar-refractivity contribution in [3.8, 4) is 11.3 Å². The van der Waals surface area contributed by atoms with Crippen LogP contribution < -0.4 is 0 Å². The number of hydrogen-bond acceptors (Lipinski definition) is 3. The van der Waals surface area contributed by atoms with Crippen LogP contribution in [-0.2, 0) is 24.9 Å². The molecule has 167 valence electrons. The molecular weight excluding hydrogens is 630 g/mol. The number of carbonyl (C=O) groups excluding carboxylic acids is 1. The van der Waals surface area contributed by atoms with Crippen LogP contribution in [0.2, 0.25) is 0 Å². The quantitative estimate of drug-likeness (QED) is 0.176. The van der Waals surface area contributed by atoms with Crippen molar-refractivity contribution in [2.24, 2.45) is 10.8 Å². The number of aromatic nitrogens is 1. The molecule has 31 heavy (non-hydrogen) atoms. The van der Waals surface area contributed by atoms with Gasteiger partial charge < -0.3 is 10.1 Å². The molecular formula is C26H29BrIrNO2-. The Morgan fingerprint density at radius 1 is 1.03 bits per heavy atom. The summed E-state index contributed by atoms with van der Waals surface area (Å²) in [7, 11) is 0. The van der Waals surface area contributed by atoms with Crippen LogP contribution in [0.5, 0.6) is 0 Å². The first-order chi connectivity index (χ1) is 13.9. The van der Waals surface area contributed by atoms with Crippen molar-refractivity contribution in [1.29, 1.82) is 0 Å². The summed E-state index contributed by atoms with van der Waals surface area (Å²) in [6, 6.07) is 19.4. The van der Waals surface area contributed by atoms with Crippen LogP contribution in [-0.4, -0.2) is 15.9 Å². The van der Waals surface area contributed by atoms with Gasteiger partial charge in [-0.25, -0.2) is 0 Å². The third kappa shape index (κ3) is 7.99. The van der Waals surface area contributed by atoms with Gasteiger partial charge in [-0.15, -0.1) is 29.8 Å². The SMILES string of the molecule is Brc1cc[c-]c(-c2nccc3ccccc23)c1.CC(C)(C)C(=O)C=C(O)C(C)(C)C.[Ir]. The minimum atomic E-state index is -0.417. The number of rotatable bonds is 2. The maximum atomic E-state index is 11.5. The van der Waals surface area contributed by atoms with E-state index < -0.39 is 5.41 Å². The second kappa shape index (κ2) is 11.2. The number of fused-ring (bicyclic) bond motifs is 1. The van der Waals surface area contributed by atoms with Crippen molar-refractivity contribution in [3.63, 3.8) is 0 Å². The second-order valence-electron chi connectivity index (χ2n) is 9.20. The predicted molar refractivity (Wildman–Crippen MR) is 128 cm³/mol. The summed E-state index contributed by atoms with van der Waals surface area (Å²) in [6.45, 7) is 11.1. The maximum Gasteiger partial charge on any atom is 0.164 e. The first-order valence-corrected chi connectivity index (χ1v) is 10.7. The van der Waals surface area contributed by atoms with Crippen molar-refractivity contribution in [3.05, 3.63) is 77.1 Å². The number of benzene rings is 2. The number of hydrogen-bond donors (Lipinski definition) is 1.